The van der Waals surface area contributed by atoms with Crippen molar-refractivity contribution in [2.45, 2.75) is 37.8 Å². The zero-order chi connectivity index (χ0) is 27.5. The molecule has 11 heteroatoms. The second-order valence-electron chi connectivity index (χ2n) is 10.2. The summed E-state index contributed by atoms with van der Waals surface area (Å²) >= 11 is 5.89. The molecule has 0 radical (unpaired) electrons. The van der Waals surface area contributed by atoms with Gasteiger partial charge in [0.05, 0.1) is 16.8 Å². The Labute approximate surface area is 221 Å². The highest BCUT2D eigenvalue weighted by Crippen LogP contribution is 2.37. The number of piperazine rings is 1. The van der Waals surface area contributed by atoms with Crippen LogP contribution in [0.2, 0.25) is 5.02 Å². The van der Waals surface area contributed by atoms with Gasteiger partial charge in [-0.2, -0.15) is 0 Å². The van der Waals surface area contributed by atoms with Gasteiger partial charge in [-0.25, -0.2) is 22.0 Å². The number of carbonyl (C=O) groups is 2. The Balaban J connectivity index is 1.76. The number of ether oxygens (including phenoxy) is 1. The minimum absolute atomic E-state index is 0.0125. The van der Waals surface area contributed by atoms with E-state index in [9.17, 15) is 26.8 Å². The lowest BCUT2D eigenvalue weighted by molar-refractivity contribution is -0.141. The normalized spacial score (nSPS) is 16.3. The van der Waals surface area contributed by atoms with Crippen molar-refractivity contribution in [3.8, 4) is 0 Å². The van der Waals surface area contributed by atoms with Gasteiger partial charge >= 0.3 is 6.09 Å². The molecule has 2 atom stereocenters. The highest BCUT2D eigenvalue weighted by molar-refractivity contribution is 7.91. The molecule has 2 amide bonds. The van der Waals surface area contributed by atoms with Gasteiger partial charge in [0, 0.05) is 48.1 Å². The first-order valence-electron chi connectivity index (χ1n) is 11.9. The van der Waals surface area contributed by atoms with Crippen LogP contribution >= 0.6 is 11.6 Å². The maximum atomic E-state index is 14.8. The Hall–Kier alpha value is -2.72. The van der Waals surface area contributed by atoms with E-state index in [1.807, 2.05) is 20.8 Å². The maximum Gasteiger partial charge on any atom is 0.409 e. The van der Waals surface area contributed by atoms with Crippen molar-refractivity contribution in [1.29, 1.82) is 0 Å². The van der Waals surface area contributed by atoms with E-state index in [0.717, 1.165) is 18.2 Å². The van der Waals surface area contributed by atoms with Crippen LogP contribution in [0.3, 0.4) is 0 Å². The molecule has 2 aromatic carbocycles. The van der Waals surface area contributed by atoms with E-state index >= 15 is 0 Å². The fourth-order valence-corrected chi connectivity index (χ4v) is 6.37. The van der Waals surface area contributed by atoms with Crippen LogP contribution in [-0.2, 0) is 19.4 Å². The largest absolute Gasteiger partial charge is 0.449 e. The standard InChI is InChI=1S/C26H31ClF2N2O5S/c1-17(16-36-25(33)31-13-11-30(12-14-31)24(32)26(2,3)4)23(21-15-19(28)7-10-22(21)29)37(34,35)20-8-5-18(27)6-9-20/h5-10,15,17,23H,11-14,16H2,1-4H3/t17-,23+/m1/s1. The van der Waals surface area contributed by atoms with Crippen molar-refractivity contribution in [2.75, 3.05) is 32.8 Å². The van der Waals surface area contributed by atoms with Crippen LogP contribution in [0, 0.1) is 23.0 Å². The summed E-state index contributed by atoms with van der Waals surface area (Å²) in [7, 11) is -4.23. The van der Waals surface area contributed by atoms with E-state index < -0.39 is 44.1 Å². The fourth-order valence-electron chi connectivity index (χ4n) is 4.23. The van der Waals surface area contributed by atoms with E-state index in [4.69, 9.17) is 16.3 Å². The summed E-state index contributed by atoms with van der Waals surface area (Å²) in [5, 5.41) is -1.21. The number of nitrogens with zero attached hydrogens (tertiary/aromatic N) is 2. The van der Waals surface area contributed by atoms with Crippen LogP contribution in [0.1, 0.15) is 38.5 Å². The Kier molecular flexibility index (Phi) is 8.85. The van der Waals surface area contributed by atoms with Gasteiger partial charge in [0.15, 0.2) is 9.84 Å². The SMILES string of the molecule is C[C@H](COC(=O)N1CCN(C(=O)C(C)(C)C)CC1)[C@@H](c1cc(F)ccc1F)S(=O)(=O)c1ccc(Cl)cc1. The van der Waals surface area contributed by atoms with Gasteiger partial charge in [-0.3, -0.25) is 4.79 Å². The van der Waals surface area contributed by atoms with Gasteiger partial charge in [0.25, 0.3) is 0 Å². The molecule has 1 fully saturated rings. The number of halogens is 3. The second kappa shape index (κ2) is 11.3. The van der Waals surface area contributed by atoms with Crippen molar-refractivity contribution < 1.29 is 31.5 Å². The zero-order valence-electron chi connectivity index (χ0n) is 21.2. The molecule has 37 heavy (non-hydrogen) atoms. The second-order valence-corrected chi connectivity index (χ2v) is 12.7. The topological polar surface area (TPSA) is 84.0 Å². The molecular formula is C26H31ClF2N2O5S. The molecule has 0 N–H and O–H groups in total. The van der Waals surface area contributed by atoms with Crippen molar-refractivity contribution in [2.24, 2.45) is 11.3 Å². The number of hydrogen-bond donors (Lipinski definition) is 0. The van der Waals surface area contributed by atoms with E-state index in [1.54, 1.807) is 4.90 Å². The molecule has 0 bridgehead atoms. The van der Waals surface area contributed by atoms with Gasteiger partial charge < -0.3 is 14.5 Å². The Morgan fingerprint density at radius 2 is 1.57 bits per heavy atom. The van der Waals surface area contributed by atoms with Gasteiger partial charge in [0.2, 0.25) is 5.91 Å². The third kappa shape index (κ3) is 6.78. The van der Waals surface area contributed by atoms with E-state index in [2.05, 4.69) is 0 Å². The molecule has 0 saturated carbocycles. The molecular weight excluding hydrogens is 526 g/mol. The minimum Gasteiger partial charge on any atom is -0.449 e. The molecule has 2 aromatic rings. The lowest BCUT2D eigenvalue weighted by Gasteiger charge is -2.37. The lowest BCUT2D eigenvalue weighted by Crippen LogP contribution is -2.53. The number of rotatable bonds is 6. The number of hydrogen-bond acceptors (Lipinski definition) is 5. The Bertz CT molecular complexity index is 1240. The summed E-state index contributed by atoms with van der Waals surface area (Å²) in [6.07, 6.45) is -0.669. The van der Waals surface area contributed by atoms with Crippen LogP contribution in [0.5, 0.6) is 0 Å². The highest BCUT2D eigenvalue weighted by Gasteiger charge is 2.37. The minimum atomic E-state index is -4.23. The zero-order valence-corrected chi connectivity index (χ0v) is 22.8. The van der Waals surface area contributed by atoms with E-state index in [-0.39, 0.29) is 36.1 Å². The fraction of sp³-hybridized carbons (Fsp3) is 0.462. The van der Waals surface area contributed by atoms with Gasteiger partial charge in [-0.1, -0.05) is 39.3 Å². The third-order valence-electron chi connectivity index (χ3n) is 6.19. The van der Waals surface area contributed by atoms with Crippen molar-refractivity contribution >= 4 is 33.4 Å². The van der Waals surface area contributed by atoms with Crippen LogP contribution in [0.15, 0.2) is 47.4 Å². The molecule has 1 aliphatic heterocycles. The third-order valence-corrected chi connectivity index (χ3v) is 8.76. The highest BCUT2D eigenvalue weighted by atomic mass is 35.5. The summed E-state index contributed by atoms with van der Waals surface area (Å²) in [4.78, 5) is 28.2. The van der Waals surface area contributed by atoms with Crippen molar-refractivity contribution in [1.82, 2.24) is 9.80 Å². The van der Waals surface area contributed by atoms with Crippen LogP contribution in [-0.4, -0.2) is 63.0 Å². The van der Waals surface area contributed by atoms with Gasteiger partial charge in [0.1, 0.15) is 11.6 Å². The predicted octanol–water partition coefficient (Wildman–Crippen LogP) is 5.10. The maximum absolute atomic E-state index is 14.8. The molecule has 1 aliphatic rings. The summed E-state index contributed by atoms with van der Waals surface area (Å²) < 4.78 is 61.3. The molecule has 7 nitrogen and oxygen atoms in total. The molecule has 1 heterocycles. The molecule has 0 spiro atoms. The van der Waals surface area contributed by atoms with Crippen LogP contribution < -0.4 is 0 Å². The molecule has 0 aliphatic carbocycles. The van der Waals surface area contributed by atoms with Crippen molar-refractivity contribution in [3.63, 3.8) is 0 Å². The molecule has 0 unspecified atom stereocenters. The Morgan fingerprint density at radius 3 is 2.14 bits per heavy atom. The first-order valence-corrected chi connectivity index (χ1v) is 13.8. The summed E-state index contributed by atoms with van der Waals surface area (Å²) in [5.41, 5.74) is -0.887. The molecule has 0 aromatic heterocycles. The van der Waals surface area contributed by atoms with Crippen LogP contribution in [0.4, 0.5) is 13.6 Å². The van der Waals surface area contributed by atoms with E-state index in [1.165, 1.54) is 36.1 Å². The number of amides is 2. The first kappa shape index (κ1) is 28.8. The van der Waals surface area contributed by atoms with Crippen molar-refractivity contribution in [3.05, 3.63) is 64.7 Å². The quantitative estimate of drug-likeness (QED) is 0.494. The number of benzene rings is 2. The average molecular weight is 557 g/mol. The lowest BCUT2D eigenvalue weighted by atomic mass is 9.94. The monoisotopic (exact) mass is 556 g/mol. The van der Waals surface area contributed by atoms with Gasteiger partial charge in [-0.15, -0.1) is 0 Å². The molecule has 3 rings (SSSR count). The van der Waals surface area contributed by atoms with Gasteiger partial charge in [-0.05, 0) is 42.5 Å². The summed E-state index contributed by atoms with van der Waals surface area (Å²) in [6, 6.07) is 7.98. The average Bonchev–Trinajstić information content (AvgIpc) is 2.84. The smallest absolute Gasteiger partial charge is 0.409 e. The summed E-state index contributed by atoms with van der Waals surface area (Å²) in [5.74, 6) is -2.62. The molecule has 1 saturated heterocycles. The number of sulfone groups is 1. The predicted molar refractivity (Wildman–Crippen MR) is 136 cm³/mol. The van der Waals surface area contributed by atoms with E-state index in [0.29, 0.717) is 18.1 Å². The number of carbonyl (C=O) groups excluding carboxylic acids is 2. The molecule has 202 valence electrons. The first-order chi connectivity index (χ1) is 17.2. The van der Waals surface area contributed by atoms with Crippen LogP contribution in [0.25, 0.3) is 0 Å². The summed E-state index contributed by atoms with van der Waals surface area (Å²) in [6.45, 7) is 7.85. The Morgan fingerprint density at radius 1 is 1.00 bits per heavy atom.